The summed E-state index contributed by atoms with van der Waals surface area (Å²) in [7, 11) is 0. The van der Waals surface area contributed by atoms with Gasteiger partial charge in [0.2, 0.25) is 0 Å². The van der Waals surface area contributed by atoms with E-state index < -0.39 is 6.10 Å². The fourth-order valence-electron chi connectivity index (χ4n) is 1.61. The van der Waals surface area contributed by atoms with E-state index in [4.69, 9.17) is 23.2 Å². The maximum atomic E-state index is 13.0. The Labute approximate surface area is 122 Å². The van der Waals surface area contributed by atoms with Crippen LogP contribution in [0.5, 0.6) is 0 Å². The molecule has 2 aromatic rings. The third-order valence-corrected chi connectivity index (χ3v) is 3.76. The third kappa shape index (κ3) is 2.86. The van der Waals surface area contributed by atoms with Gasteiger partial charge >= 0.3 is 0 Å². The van der Waals surface area contributed by atoms with Gasteiger partial charge in [0.05, 0.1) is 0 Å². The van der Waals surface area contributed by atoms with Gasteiger partial charge in [-0.25, -0.2) is 4.39 Å². The first kappa shape index (κ1) is 13.8. The Hall–Kier alpha value is -0.610. The summed E-state index contributed by atoms with van der Waals surface area (Å²) < 4.78 is 13.5. The van der Waals surface area contributed by atoms with Crippen molar-refractivity contribution in [2.24, 2.45) is 0 Å². The Morgan fingerprint density at radius 1 is 1.06 bits per heavy atom. The molecule has 94 valence electrons. The van der Waals surface area contributed by atoms with Gasteiger partial charge in [0.15, 0.2) is 0 Å². The Bertz CT molecular complexity index is 538. The Balaban J connectivity index is 2.44. The number of aliphatic hydroxyl groups is 1. The van der Waals surface area contributed by atoms with Gasteiger partial charge in [-0.15, -0.1) is 0 Å². The average molecular weight is 350 g/mol. The van der Waals surface area contributed by atoms with Gasteiger partial charge in [0.1, 0.15) is 11.9 Å². The predicted molar refractivity (Wildman–Crippen MR) is 74.6 cm³/mol. The van der Waals surface area contributed by atoms with Crippen molar-refractivity contribution in [1.29, 1.82) is 0 Å². The van der Waals surface area contributed by atoms with Crippen LogP contribution in [0.15, 0.2) is 40.9 Å². The molecule has 0 aromatic heterocycles. The molecule has 1 atom stereocenters. The summed E-state index contributed by atoms with van der Waals surface area (Å²) >= 11 is 15.0. The minimum atomic E-state index is -0.940. The van der Waals surface area contributed by atoms with Crippen molar-refractivity contribution < 1.29 is 9.50 Å². The van der Waals surface area contributed by atoms with Crippen molar-refractivity contribution in [3.63, 3.8) is 0 Å². The van der Waals surface area contributed by atoms with E-state index in [9.17, 15) is 9.50 Å². The maximum Gasteiger partial charge on any atom is 0.124 e. The van der Waals surface area contributed by atoms with Gasteiger partial charge in [0.25, 0.3) is 0 Å². The lowest BCUT2D eigenvalue weighted by atomic mass is 10.0. The molecule has 0 amide bonds. The molecule has 0 aliphatic carbocycles. The molecular formula is C13H8BrCl2FO. The van der Waals surface area contributed by atoms with Crippen molar-refractivity contribution in [3.8, 4) is 0 Å². The molecule has 1 N–H and O–H groups in total. The molecule has 1 nitrogen and oxygen atoms in total. The van der Waals surface area contributed by atoms with Gasteiger partial charge in [-0.05, 0) is 29.8 Å². The quantitative estimate of drug-likeness (QED) is 0.810. The van der Waals surface area contributed by atoms with E-state index >= 15 is 0 Å². The lowest BCUT2D eigenvalue weighted by Crippen LogP contribution is -2.01. The highest BCUT2D eigenvalue weighted by Crippen LogP contribution is 2.33. The fraction of sp³-hybridized carbons (Fsp3) is 0.0769. The second-order valence-electron chi connectivity index (χ2n) is 3.73. The topological polar surface area (TPSA) is 20.2 Å². The highest BCUT2D eigenvalue weighted by atomic mass is 79.9. The largest absolute Gasteiger partial charge is 0.384 e. The first-order valence-corrected chi connectivity index (χ1v) is 6.62. The molecule has 0 aliphatic heterocycles. The number of aliphatic hydroxyl groups excluding tert-OH is 1. The third-order valence-electron chi connectivity index (χ3n) is 2.51. The summed E-state index contributed by atoms with van der Waals surface area (Å²) in [5.74, 6) is -0.375. The smallest absolute Gasteiger partial charge is 0.124 e. The van der Waals surface area contributed by atoms with Crippen molar-refractivity contribution in [1.82, 2.24) is 0 Å². The van der Waals surface area contributed by atoms with Gasteiger partial charge in [-0.3, -0.25) is 0 Å². The zero-order valence-corrected chi connectivity index (χ0v) is 12.1. The molecule has 0 saturated heterocycles. The van der Waals surface area contributed by atoms with E-state index in [1.54, 1.807) is 18.2 Å². The molecule has 0 heterocycles. The first-order valence-electron chi connectivity index (χ1n) is 5.07. The van der Waals surface area contributed by atoms with E-state index in [1.807, 2.05) is 0 Å². The van der Waals surface area contributed by atoms with E-state index in [2.05, 4.69) is 15.9 Å². The summed E-state index contributed by atoms with van der Waals surface area (Å²) in [4.78, 5) is 0. The fourth-order valence-corrected chi connectivity index (χ4v) is 2.69. The van der Waals surface area contributed by atoms with Gasteiger partial charge in [-0.2, -0.15) is 0 Å². The molecule has 0 fully saturated rings. The van der Waals surface area contributed by atoms with Crippen molar-refractivity contribution in [3.05, 3.63) is 67.9 Å². The van der Waals surface area contributed by atoms with Gasteiger partial charge in [0, 0.05) is 20.1 Å². The number of rotatable bonds is 2. The highest BCUT2D eigenvalue weighted by molar-refractivity contribution is 9.10. The molecule has 0 saturated carbocycles. The van der Waals surface area contributed by atoms with Crippen LogP contribution in [0.3, 0.4) is 0 Å². The SMILES string of the molecule is OC(c1ccc(Cl)cc1Cl)c1ccc(F)cc1Br. The van der Waals surface area contributed by atoms with Crippen LogP contribution in [0.25, 0.3) is 0 Å². The zero-order valence-electron chi connectivity index (χ0n) is 9.00. The molecule has 1 unspecified atom stereocenters. The zero-order chi connectivity index (χ0) is 13.3. The van der Waals surface area contributed by atoms with E-state index in [0.29, 0.717) is 25.6 Å². The lowest BCUT2D eigenvalue weighted by molar-refractivity contribution is 0.219. The summed E-state index contributed by atoms with van der Waals surface area (Å²) in [6.45, 7) is 0. The summed E-state index contributed by atoms with van der Waals surface area (Å²) in [6, 6.07) is 8.93. The van der Waals surface area contributed by atoms with Crippen LogP contribution in [0.4, 0.5) is 4.39 Å². The van der Waals surface area contributed by atoms with Gasteiger partial charge < -0.3 is 5.11 Å². The van der Waals surface area contributed by atoms with Crippen molar-refractivity contribution >= 4 is 39.1 Å². The Morgan fingerprint density at radius 3 is 2.33 bits per heavy atom. The predicted octanol–water partition coefficient (Wildman–Crippen LogP) is 4.98. The second-order valence-corrected chi connectivity index (χ2v) is 5.43. The lowest BCUT2D eigenvalue weighted by Gasteiger charge is -2.15. The van der Waals surface area contributed by atoms with Gasteiger partial charge in [-0.1, -0.05) is 51.3 Å². The van der Waals surface area contributed by atoms with E-state index in [0.717, 1.165) is 0 Å². The Morgan fingerprint density at radius 2 is 1.72 bits per heavy atom. The van der Waals surface area contributed by atoms with Crippen LogP contribution < -0.4 is 0 Å². The normalized spacial score (nSPS) is 12.5. The van der Waals surface area contributed by atoms with Crippen molar-refractivity contribution in [2.75, 3.05) is 0 Å². The number of hydrogen-bond acceptors (Lipinski definition) is 1. The number of halogens is 4. The molecule has 18 heavy (non-hydrogen) atoms. The monoisotopic (exact) mass is 348 g/mol. The average Bonchev–Trinajstić information content (AvgIpc) is 2.28. The molecular weight excluding hydrogens is 342 g/mol. The molecule has 0 aliphatic rings. The second kappa shape index (κ2) is 5.57. The first-order chi connectivity index (χ1) is 8.49. The maximum absolute atomic E-state index is 13.0. The van der Waals surface area contributed by atoms with Crippen LogP contribution >= 0.6 is 39.1 Å². The van der Waals surface area contributed by atoms with Crippen LogP contribution in [0, 0.1) is 5.82 Å². The summed E-state index contributed by atoms with van der Waals surface area (Å²) in [5, 5.41) is 11.1. The minimum Gasteiger partial charge on any atom is -0.384 e. The number of hydrogen-bond donors (Lipinski definition) is 1. The molecule has 0 spiro atoms. The van der Waals surface area contributed by atoms with Crippen LogP contribution in [0.2, 0.25) is 10.0 Å². The van der Waals surface area contributed by atoms with E-state index in [1.165, 1.54) is 18.2 Å². The highest BCUT2D eigenvalue weighted by Gasteiger charge is 2.17. The molecule has 0 bridgehead atoms. The Kier molecular flexibility index (Phi) is 4.28. The van der Waals surface area contributed by atoms with Crippen molar-refractivity contribution in [2.45, 2.75) is 6.10 Å². The summed E-state index contributed by atoms with van der Waals surface area (Å²) in [6.07, 6.45) is -0.940. The summed E-state index contributed by atoms with van der Waals surface area (Å²) in [5.41, 5.74) is 1.06. The molecule has 5 heteroatoms. The minimum absolute atomic E-state index is 0.367. The van der Waals surface area contributed by atoms with Crippen LogP contribution in [-0.4, -0.2) is 5.11 Å². The van der Waals surface area contributed by atoms with E-state index in [-0.39, 0.29) is 5.82 Å². The molecule has 2 rings (SSSR count). The van der Waals surface area contributed by atoms with Crippen LogP contribution in [-0.2, 0) is 0 Å². The standard InChI is InChI=1S/C13H8BrCl2FO/c14-11-6-8(17)2-4-9(11)13(18)10-3-1-7(15)5-12(10)16/h1-6,13,18H. The molecule has 0 radical (unpaired) electrons. The van der Waals surface area contributed by atoms with Crippen LogP contribution in [0.1, 0.15) is 17.2 Å². The molecule has 2 aromatic carbocycles. The number of benzene rings is 2.